The smallest absolute Gasteiger partial charge is 0.270 e. The van der Waals surface area contributed by atoms with Crippen LogP contribution in [-0.4, -0.2) is 21.9 Å². The van der Waals surface area contributed by atoms with Crippen LogP contribution in [0.2, 0.25) is 0 Å². The van der Waals surface area contributed by atoms with Crippen LogP contribution in [0.15, 0.2) is 84.9 Å². The van der Waals surface area contributed by atoms with Gasteiger partial charge in [0.25, 0.3) is 11.6 Å². The Kier molecular flexibility index (Phi) is 7.39. The van der Waals surface area contributed by atoms with Gasteiger partial charge in [-0.05, 0) is 60.3 Å². The molecule has 0 saturated carbocycles. The molecular weight excluding hydrogens is 428 g/mol. The van der Waals surface area contributed by atoms with Crippen molar-refractivity contribution >= 4 is 52.3 Å². The predicted octanol–water partition coefficient (Wildman–Crippen LogP) is 4.37. The second-order valence-corrected chi connectivity index (χ2v) is 6.93. The number of non-ortho nitro benzene ring substituents is 1. The highest BCUT2D eigenvalue weighted by atomic mass is 32.1. The Labute approximate surface area is 189 Å². The van der Waals surface area contributed by atoms with Gasteiger partial charge in [0.05, 0.1) is 4.92 Å². The van der Waals surface area contributed by atoms with Crippen molar-refractivity contribution in [3.05, 3.63) is 106 Å². The molecule has 0 aliphatic rings. The van der Waals surface area contributed by atoms with E-state index in [-0.39, 0.29) is 16.7 Å². The molecular formula is C23H18N4O4S. The van der Waals surface area contributed by atoms with Gasteiger partial charge >= 0.3 is 0 Å². The molecule has 9 heteroatoms. The fraction of sp³-hybridized carbons (Fsp3) is 0. The number of nitrogens with one attached hydrogen (secondary N) is 3. The van der Waals surface area contributed by atoms with Gasteiger partial charge in [-0.3, -0.25) is 25.0 Å². The van der Waals surface area contributed by atoms with E-state index in [9.17, 15) is 19.7 Å². The fourth-order valence-electron chi connectivity index (χ4n) is 2.66. The quantitative estimate of drug-likeness (QED) is 0.224. The molecule has 32 heavy (non-hydrogen) atoms. The first kappa shape index (κ1) is 22.3. The first-order valence-electron chi connectivity index (χ1n) is 9.42. The number of nitrogens with zero attached hydrogens (tertiary/aromatic N) is 1. The van der Waals surface area contributed by atoms with Crippen LogP contribution in [0.4, 0.5) is 17.1 Å². The van der Waals surface area contributed by atoms with Crippen LogP contribution in [0.5, 0.6) is 0 Å². The van der Waals surface area contributed by atoms with Gasteiger partial charge in [0.2, 0.25) is 5.91 Å². The van der Waals surface area contributed by atoms with Crippen LogP contribution in [0.1, 0.15) is 15.9 Å². The Morgan fingerprint density at radius 1 is 0.875 bits per heavy atom. The minimum absolute atomic E-state index is 0.0619. The SMILES string of the molecule is O=C(C=Cc1cccc([N+](=O)[O-])c1)NC(=S)Nc1ccc(NC(=O)c2ccccc2)cc1. The summed E-state index contributed by atoms with van der Waals surface area (Å²) in [5.41, 5.74) is 2.24. The van der Waals surface area contributed by atoms with Gasteiger partial charge in [0.15, 0.2) is 5.11 Å². The Morgan fingerprint density at radius 3 is 2.19 bits per heavy atom. The first-order valence-corrected chi connectivity index (χ1v) is 9.82. The van der Waals surface area contributed by atoms with E-state index in [4.69, 9.17) is 12.2 Å². The van der Waals surface area contributed by atoms with Gasteiger partial charge in [-0.2, -0.15) is 0 Å². The van der Waals surface area contributed by atoms with Crippen molar-refractivity contribution < 1.29 is 14.5 Å². The maximum Gasteiger partial charge on any atom is 0.270 e. The third-order valence-electron chi connectivity index (χ3n) is 4.18. The highest BCUT2D eigenvalue weighted by molar-refractivity contribution is 7.80. The van der Waals surface area contributed by atoms with Crippen molar-refractivity contribution in [3.63, 3.8) is 0 Å². The Morgan fingerprint density at radius 2 is 1.53 bits per heavy atom. The van der Waals surface area contributed by atoms with Crippen molar-refractivity contribution in [3.8, 4) is 0 Å². The van der Waals surface area contributed by atoms with Gasteiger partial charge < -0.3 is 10.6 Å². The lowest BCUT2D eigenvalue weighted by molar-refractivity contribution is -0.384. The molecule has 3 aromatic carbocycles. The van der Waals surface area contributed by atoms with Gasteiger partial charge in [-0.25, -0.2) is 0 Å². The maximum atomic E-state index is 12.2. The van der Waals surface area contributed by atoms with E-state index in [0.717, 1.165) is 0 Å². The fourth-order valence-corrected chi connectivity index (χ4v) is 2.88. The van der Waals surface area contributed by atoms with E-state index in [1.165, 1.54) is 30.4 Å². The van der Waals surface area contributed by atoms with Gasteiger partial charge in [-0.1, -0.05) is 30.3 Å². The second-order valence-electron chi connectivity index (χ2n) is 6.53. The molecule has 0 heterocycles. The van der Waals surface area contributed by atoms with Crippen LogP contribution in [0, 0.1) is 10.1 Å². The van der Waals surface area contributed by atoms with Gasteiger partial charge in [0, 0.05) is 35.1 Å². The molecule has 3 aromatic rings. The Hall–Kier alpha value is -4.37. The molecule has 0 aliphatic heterocycles. The number of nitro benzene ring substituents is 1. The molecule has 0 unspecified atom stereocenters. The Bertz CT molecular complexity index is 1180. The summed E-state index contributed by atoms with van der Waals surface area (Å²) >= 11 is 5.13. The summed E-state index contributed by atoms with van der Waals surface area (Å²) < 4.78 is 0. The number of anilines is 2. The van der Waals surface area contributed by atoms with Crippen LogP contribution in [-0.2, 0) is 4.79 Å². The van der Waals surface area contributed by atoms with Crippen molar-refractivity contribution in [2.45, 2.75) is 0 Å². The number of carbonyl (C=O) groups excluding carboxylic acids is 2. The molecule has 2 amide bonds. The molecule has 0 aliphatic carbocycles. The van der Waals surface area contributed by atoms with E-state index in [0.29, 0.717) is 22.5 Å². The minimum atomic E-state index is -0.505. The summed E-state index contributed by atoms with van der Waals surface area (Å²) in [7, 11) is 0. The van der Waals surface area contributed by atoms with Crippen LogP contribution >= 0.6 is 12.2 Å². The van der Waals surface area contributed by atoms with Crippen LogP contribution in [0.25, 0.3) is 6.08 Å². The van der Waals surface area contributed by atoms with Crippen molar-refractivity contribution in [1.82, 2.24) is 5.32 Å². The molecule has 3 rings (SSSR count). The summed E-state index contributed by atoms with van der Waals surface area (Å²) in [6.07, 6.45) is 2.68. The summed E-state index contributed by atoms with van der Waals surface area (Å²) in [6, 6.07) is 21.6. The number of rotatable bonds is 6. The largest absolute Gasteiger partial charge is 0.332 e. The van der Waals surface area contributed by atoms with Gasteiger partial charge in [-0.15, -0.1) is 0 Å². The molecule has 0 bridgehead atoms. The topological polar surface area (TPSA) is 113 Å². The number of amides is 2. The molecule has 0 fully saturated rings. The van der Waals surface area contributed by atoms with Crippen LogP contribution in [0.3, 0.4) is 0 Å². The highest BCUT2D eigenvalue weighted by Crippen LogP contribution is 2.15. The zero-order valence-electron chi connectivity index (χ0n) is 16.6. The average molecular weight is 446 g/mol. The first-order chi connectivity index (χ1) is 15.4. The zero-order valence-corrected chi connectivity index (χ0v) is 17.5. The van der Waals surface area contributed by atoms with Gasteiger partial charge in [0.1, 0.15) is 0 Å². The van der Waals surface area contributed by atoms with E-state index in [2.05, 4.69) is 16.0 Å². The molecule has 8 nitrogen and oxygen atoms in total. The number of hydrogen-bond acceptors (Lipinski definition) is 5. The summed E-state index contributed by atoms with van der Waals surface area (Å²) in [5, 5.41) is 19.0. The number of carbonyl (C=O) groups is 2. The molecule has 3 N–H and O–H groups in total. The lowest BCUT2D eigenvalue weighted by atomic mass is 10.2. The third-order valence-corrected chi connectivity index (χ3v) is 4.39. The third kappa shape index (κ3) is 6.57. The Balaban J connectivity index is 1.51. The monoisotopic (exact) mass is 446 g/mol. The standard InChI is InChI=1S/C23H18N4O4S/c28-21(14-9-16-5-4-8-20(15-16)27(30)31)26-23(32)25-19-12-10-18(11-13-19)24-22(29)17-6-2-1-3-7-17/h1-15H,(H,24,29)(H2,25,26,28,32). The number of thiocarbonyl (C=S) groups is 1. The van der Waals surface area contributed by atoms with Crippen LogP contribution < -0.4 is 16.0 Å². The molecule has 0 radical (unpaired) electrons. The van der Waals surface area contributed by atoms with E-state index in [1.54, 1.807) is 54.6 Å². The second kappa shape index (κ2) is 10.6. The molecule has 0 atom stereocenters. The summed E-state index contributed by atoms with van der Waals surface area (Å²) in [4.78, 5) is 34.5. The summed E-state index contributed by atoms with van der Waals surface area (Å²) in [5.74, 6) is -0.703. The predicted molar refractivity (Wildman–Crippen MR) is 127 cm³/mol. The minimum Gasteiger partial charge on any atom is -0.332 e. The molecule has 0 aromatic heterocycles. The lowest BCUT2D eigenvalue weighted by Gasteiger charge is -2.10. The molecule has 0 spiro atoms. The number of nitro groups is 1. The van der Waals surface area contributed by atoms with E-state index in [1.807, 2.05) is 6.07 Å². The maximum absolute atomic E-state index is 12.2. The zero-order chi connectivity index (χ0) is 22.9. The average Bonchev–Trinajstić information content (AvgIpc) is 2.79. The normalized spacial score (nSPS) is 10.4. The van der Waals surface area contributed by atoms with E-state index >= 15 is 0 Å². The summed E-state index contributed by atoms with van der Waals surface area (Å²) in [6.45, 7) is 0. The molecule has 0 saturated heterocycles. The van der Waals surface area contributed by atoms with Crippen molar-refractivity contribution in [1.29, 1.82) is 0 Å². The lowest BCUT2D eigenvalue weighted by Crippen LogP contribution is -2.32. The number of benzene rings is 3. The van der Waals surface area contributed by atoms with Crippen molar-refractivity contribution in [2.75, 3.05) is 10.6 Å². The van der Waals surface area contributed by atoms with Crippen molar-refractivity contribution in [2.24, 2.45) is 0 Å². The number of hydrogen-bond donors (Lipinski definition) is 3. The highest BCUT2D eigenvalue weighted by Gasteiger charge is 2.07. The molecule has 160 valence electrons. The van der Waals surface area contributed by atoms with E-state index < -0.39 is 10.8 Å².